The van der Waals surface area contributed by atoms with Gasteiger partial charge in [0.1, 0.15) is 17.9 Å². The first kappa shape index (κ1) is 14.9. The molecule has 1 aromatic rings. The zero-order chi connectivity index (χ0) is 17.1. The highest BCUT2D eigenvalue weighted by Gasteiger charge is 2.55. The summed E-state index contributed by atoms with van der Waals surface area (Å²) in [6.45, 7) is 2.42. The van der Waals surface area contributed by atoms with E-state index in [0.29, 0.717) is 30.4 Å². The van der Waals surface area contributed by atoms with E-state index >= 15 is 0 Å². The largest absolute Gasteiger partial charge is 0.490 e. The number of carbonyl (C=O) groups excluding carboxylic acids is 3. The Morgan fingerprint density at radius 1 is 1.12 bits per heavy atom. The highest BCUT2D eigenvalue weighted by atomic mass is 16.5. The molecule has 25 heavy (non-hydrogen) atoms. The molecule has 0 radical (unpaired) electrons. The van der Waals surface area contributed by atoms with Crippen molar-refractivity contribution in [3.63, 3.8) is 0 Å². The Labute approximate surface area is 144 Å². The lowest BCUT2D eigenvalue weighted by Gasteiger charge is -2.29. The Hall–Kier alpha value is -2.41. The van der Waals surface area contributed by atoms with E-state index in [1.54, 1.807) is 11.0 Å². The lowest BCUT2D eigenvalue weighted by atomic mass is 10.0. The smallest absolute Gasteiger partial charge is 0.255 e. The molecule has 3 atom stereocenters. The van der Waals surface area contributed by atoms with Gasteiger partial charge in [0.05, 0.1) is 0 Å². The summed E-state index contributed by atoms with van der Waals surface area (Å²) in [6, 6.07) is 4.97. The number of hydrogen-bond donors (Lipinski definition) is 2. The molecule has 7 nitrogen and oxygen atoms in total. The molecule has 3 aliphatic heterocycles. The van der Waals surface area contributed by atoms with Crippen LogP contribution in [0.25, 0.3) is 0 Å². The summed E-state index contributed by atoms with van der Waals surface area (Å²) in [5, 5.41) is 5.66. The number of imide groups is 1. The first-order chi connectivity index (χ1) is 12.1. The molecule has 3 fully saturated rings. The van der Waals surface area contributed by atoms with Crippen LogP contribution >= 0.6 is 0 Å². The molecule has 0 bridgehead atoms. The van der Waals surface area contributed by atoms with Crippen LogP contribution in [0.15, 0.2) is 18.2 Å². The fourth-order valence-corrected chi connectivity index (χ4v) is 4.32. The Morgan fingerprint density at radius 3 is 2.68 bits per heavy atom. The van der Waals surface area contributed by atoms with Crippen LogP contribution < -0.4 is 15.4 Å². The van der Waals surface area contributed by atoms with Gasteiger partial charge in [0.2, 0.25) is 11.8 Å². The molecule has 130 valence electrons. The minimum absolute atomic E-state index is 0.149. The second kappa shape index (κ2) is 5.29. The highest BCUT2D eigenvalue weighted by molar-refractivity contribution is 6.05. The molecule has 3 heterocycles. The minimum atomic E-state index is -0.573. The molecule has 2 saturated heterocycles. The third-order valence-corrected chi connectivity index (χ3v) is 5.78. The van der Waals surface area contributed by atoms with Gasteiger partial charge in [-0.05, 0) is 30.2 Å². The third-order valence-electron chi connectivity index (χ3n) is 5.78. The molecule has 1 aliphatic carbocycles. The average Bonchev–Trinajstić information content (AvgIpc) is 2.94. The number of fused-ring (bicyclic) bond motifs is 2. The normalized spacial score (nSPS) is 33.1. The zero-order valence-electron chi connectivity index (χ0n) is 13.7. The maximum absolute atomic E-state index is 12.6. The van der Waals surface area contributed by atoms with Crippen molar-refractivity contribution < 1.29 is 19.1 Å². The molecule has 1 aromatic carbocycles. The summed E-state index contributed by atoms with van der Waals surface area (Å²) in [5.41, 5.74) is 1.51. The van der Waals surface area contributed by atoms with Gasteiger partial charge >= 0.3 is 0 Å². The second-order valence-electron chi connectivity index (χ2n) is 7.29. The van der Waals surface area contributed by atoms with E-state index in [9.17, 15) is 14.4 Å². The number of nitrogens with zero attached hydrogens (tertiary/aromatic N) is 1. The molecule has 1 saturated carbocycles. The second-order valence-corrected chi connectivity index (χ2v) is 7.29. The van der Waals surface area contributed by atoms with E-state index < -0.39 is 6.04 Å². The van der Waals surface area contributed by atoms with Crippen LogP contribution in [0.4, 0.5) is 0 Å². The van der Waals surface area contributed by atoms with E-state index in [1.165, 1.54) is 0 Å². The van der Waals surface area contributed by atoms with Gasteiger partial charge in [-0.3, -0.25) is 19.7 Å². The maximum Gasteiger partial charge on any atom is 0.255 e. The molecule has 3 amide bonds. The first-order valence-corrected chi connectivity index (χ1v) is 8.77. The SMILES string of the molecule is O=C1CCC(N2Cc3cc(OC4C5CNCC54)ccc3C2=O)C(=O)N1. The van der Waals surface area contributed by atoms with Crippen LogP contribution in [0, 0.1) is 11.8 Å². The number of benzene rings is 1. The maximum atomic E-state index is 12.6. The number of amides is 3. The van der Waals surface area contributed by atoms with Crippen molar-refractivity contribution in [2.24, 2.45) is 11.8 Å². The third kappa shape index (κ3) is 2.33. The number of nitrogens with one attached hydrogen (secondary N) is 2. The molecule has 4 aliphatic rings. The Bertz CT molecular complexity index is 783. The van der Waals surface area contributed by atoms with E-state index in [-0.39, 0.29) is 30.2 Å². The van der Waals surface area contributed by atoms with Gasteiger partial charge < -0.3 is 15.0 Å². The lowest BCUT2D eigenvalue weighted by Crippen LogP contribution is -2.52. The topological polar surface area (TPSA) is 87.7 Å². The quantitative estimate of drug-likeness (QED) is 0.758. The van der Waals surface area contributed by atoms with Crippen molar-refractivity contribution >= 4 is 17.7 Å². The number of carbonyl (C=O) groups is 3. The minimum Gasteiger partial charge on any atom is -0.490 e. The summed E-state index contributed by atoms with van der Waals surface area (Å²) >= 11 is 0. The predicted octanol–water partition coefficient (Wildman–Crippen LogP) is 0.0442. The summed E-state index contributed by atoms with van der Waals surface area (Å²) in [5.74, 6) is 1.20. The van der Waals surface area contributed by atoms with Crippen molar-refractivity contribution in [3.05, 3.63) is 29.3 Å². The Morgan fingerprint density at radius 2 is 1.92 bits per heavy atom. The van der Waals surface area contributed by atoms with Crippen molar-refractivity contribution in [3.8, 4) is 5.75 Å². The van der Waals surface area contributed by atoms with E-state index in [4.69, 9.17) is 4.74 Å². The zero-order valence-corrected chi connectivity index (χ0v) is 13.7. The van der Waals surface area contributed by atoms with E-state index in [1.807, 2.05) is 12.1 Å². The van der Waals surface area contributed by atoms with Crippen molar-refractivity contribution in [2.75, 3.05) is 13.1 Å². The van der Waals surface area contributed by atoms with Crippen molar-refractivity contribution in [1.29, 1.82) is 0 Å². The molecule has 5 rings (SSSR count). The van der Waals surface area contributed by atoms with Crippen molar-refractivity contribution in [2.45, 2.75) is 31.5 Å². The number of hydrogen-bond acceptors (Lipinski definition) is 5. The van der Waals surface area contributed by atoms with Gasteiger partial charge in [-0.1, -0.05) is 0 Å². The molecule has 3 unspecified atom stereocenters. The van der Waals surface area contributed by atoms with Gasteiger partial charge in [0, 0.05) is 43.5 Å². The van der Waals surface area contributed by atoms with E-state index in [2.05, 4.69) is 10.6 Å². The summed E-state index contributed by atoms with van der Waals surface area (Å²) < 4.78 is 6.07. The molecule has 0 aromatic heterocycles. The Kier molecular flexibility index (Phi) is 3.15. The van der Waals surface area contributed by atoms with Gasteiger partial charge in [0.15, 0.2) is 0 Å². The monoisotopic (exact) mass is 341 g/mol. The standard InChI is InChI=1S/C18H19N3O4/c22-15-4-3-14(17(23)20-15)21-8-9-5-10(1-2-11(9)18(21)24)25-16-12-6-19-7-13(12)16/h1-2,5,12-14,16,19H,3-4,6-8H2,(H,20,22,23). The van der Waals surface area contributed by atoms with Crippen LogP contribution in [0.3, 0.4) is 0 Å². The highest BCUT2D eigenvalue weighted by Crippen LogP contribution is 2.45. The summed E-state index contributed by atoms with van der Waals surface area (Å²) in [6.07, 6.45) is 0.929. The molecule has 2 N–H and O–H groups in total. The van der Waals surface area contributed by atoms with E-state index in [0.717, 1.165) is 24.4 Å². The van der Waals surface area contributed by atoms with Gasteiger partial charge in [-0.25, -0.2) is 0 Å². The fraction of sp³-hybridized carbons (Fsp3) is 0.500. The van der Waals surface area contributed by atoms with Crippen LogP contribution in [0.1, 0.15) is 28.8 Å². The average molecular weight is 341 g/mol. The van der Waals surface area contributed by atoms with Crippen LogP contribution in [0.2, 0.25) is 0 Å². The number of piperidine rings is 2. The summed E-state index contributed by atoms with van der Waals surface area (Å²) in [7, 11) is 0. The molecular formula is C18H19N3O4. The molecular weight excluding hydrogens is 322 g/mol. The van der Waals surface area contributed by atoms with Gasteiger partial charge in [-0.15, -0.1) is 0 Å². The first-order valence-electron chi connectivity index (χ1n) is 8.77. The van der Waals surface area contributed by atoms with Crippen LogP contribution in [0.5, 0.6) is 5.75 Å². The molecule has 7 heteroatoms. The fourth-order valence-electron chi connectivity index (χ4n) is 4.32. The summed E-state index contributed by atoms with van der Waals surface area (Å²) in [4.78, 5) is 37.6. The van der Waals surface area contributed by atoms with Crippen molar-refractivity contribution in [1.82, 2.24) is 15.5 Å². The molecule has 0 spiro atoms. The predicted molar refractivity (Wildman–Crippen MR) is 86.8 cm³/mol. The number of ether oxygens (including phenoxy) is 1. The van der Waals surface area contributed by atoms with Gasteiger partial charge in [0.25, 0.3) is 5.91 Å². The lowest BCUT2D eigenvalue weighted by molar-refractivity contribution is -0.136. The number of rotatable bonds is 3. The van der Waals surface area contributed by atoms with Gasteiger partial charge in [-0.2, -0.15) is 0 Å². The van der Waals surface area contributed by atoms with Crippen LogP contribution in [-0.4, -0.2) is 47.9 Å². The van der Waals surface area contributed by atoms with Crippen LogP contribution in [-0.2, 0) is 16.1 Å². The Balaban J connectivity index is 1.32.